The van der Waals surface area contributed by atoms with Crippen LogP contribution in [0.2, 0.25) is 0 Å². The number of benzene rings is 1. The van der Waals surface area contributed by atoms with E-state index < -0.39 is 0 Å². The van der Waals surface area contributed by atoms with E-state index in [1.165, 1.54) is 13.8 Å². The number of hydrogen-bond donors (Lipinski definition) is 1. The van der Waals surface area contributed by atoms with Crippen molar-refractivity contribution < 1.29 is 19.1 Å². The highest BCUT2D eigenvalue weighted by atomic mass is 16.6. The van der Waals surface area contributed by atoms with E-state index in [1.54, 1.807) is 12.1 Å². The second kappa shape index (κ2) is 4.45. The highest BCUT2D eigenvalue weighted by Gasteiger charge is 2.21. The van der Waals surface area contributed by atoms with E-state index in [0.29, 0.717) is 36.0 Å². The number of Topliss-reactive ketones (excluding diaryl/α,β-unsaturated/α-hetero) is 1. The third-order valence-electron chi connectivity index (χ3n) is 2.39. The van der Waals surface area contributed by atoms with Gasteiger partial charge in [-0.05, 0) is 19.1 Å². The first kappa shape index (κ1) is 11.4. The first-order valence-corrected chi connectivity index (χ1v) is 5.30. The quantitative estimate of drug-likeness (QED) is 0.791. The summed E-state index contributed by atoms with van der Waals surface area (Å²) in [6.07, 6.45) is 0. The number of carbonyl (C=O) groups is 2. The van der Waals surface area contributed by atoms with Crippen LogP contribution in [0.5, 0.6) is 11.5 Å². The summed E-state index contributed by atoms with van der Waals surface area (Å²) in [5.74, 6) is 0.588. The van der Waals surface area contributed by atoms with Crippen molar-refractivity contribution in [3.8, 4) is 11.5 Å². The largest absolute Gasteiger partial charge is 0.486 e. The number of carbonyl (C=O) groups excluding carboxylic acids is 2. The molecule has 0 atom stereocenters. The first-order chi connectivity index (χ1) is 8.09. The van der Waals surface area contributed by atoms with E-state index in [9.17, 15) is 9.59 Å². The van der Waals surface area contributed by atoms with Gasteiger partial charge in [-0.1, -0.05) is 0 Å². The summed E-state index contributed by atoms with van der Waals surface area (Å²) in [4.78, 5) is 22.6. The molecule has 2 rings (SSSR count). The Morgan fingerprint density at radius 3 is 2.53 bits per heavy atom. The lowest BCUT2D eigenvalue weighted by molar-refractivity contribution is -0.114. The Morgan fingerprint density at radius 2 is 1.88 bits per heavy atom. The summed E-state index contributed by atoms with van der Waals surface area (Å²) >= 11 is 0. The average molecular weight is 235 g/mol. The normalized spacial score (nSPS) is 13.1. The van der Waals surface area contributed by atoms with Crippen molar-refractivity contribution in [2.24, 2.45) is 0 Å². The molecule has 5 heteroatoms. The van der Waals surface area contributed by atoms with Crippen LogP contribution >= 0.6 is 0 Å². The summed E-state index contributed by atoms with van der Waals surface area (Å²) in [5, 5.41) is 2.62. The van der Waals surface area contributed by atoms with Gasteiger partial charge >= 0.3 is 0 Å². The molecule has 1 aromatic rings. The van der Waals surface area contributed by atoms with Crippen LogP contribution in [-0.2, 0) is 4.79 Å². The molecule has 1 aliphatic rings. The average Bonchev–Trinajstić information content (AvgIpc) is 2.28. The first-order valence-electron chi connectivity index (χ1n) is 5.30. The monoisotopic (exact) mass is 235 g/mol. The van der Waals surface area contributed by atoms with Crippen molar-refractivity contribution in [3.63, 3.8) is 0 Å². The topological polar surface area (TPSA) is 64.6 Å². The Labute approximate surface area is 98.7 Å². The summed E-state index contributed by atoms with van der Waals surface area (Å²) in [6.45, 7) is 3.69. The smallest absolute Gasteiger partial charge is 0.221 e. The fraction of sp³-hybridized carbons (Fsp3) is 0.333. The molecule has 5 nitrogen and oxygen atoms in total. The fourth-order valence-electron chi connectivity index (χ4n) is 1.71. The molecule has 1 amide bonds. The Hall–Kier alpha value is -2.04. The molecular formula is C12H13NO4. The second-order valence-corrected chi connectivity index (χ2v) is 3.75. The lowest BCUT2D eigenvalue weighted by atomic mass is 10.1. The lowest BCUT2D eigenvalue weighted by Gasteiger charge is -2.22. The lowest BCUT2D eigenvalue weighted by Crippen LogP contribution is -2.19. The number of anilines is 1. The van der Waals surface area contributed by atoms with E-state index in [4.69, 9.17) is 9.47 Å². The summed E-state index contributed by atoms with van der Waals surface area (Å²) in [7, 11) is 0. The molecule has 1 heterocycles. The molecule has 0 radical (unpaired) electrons. The maximum atomic E-state index is 11.5. The van der Waals surface area contributed by atoms with Crippen LogP contribution in [-0.4, -0.2) is 24.9 Å². The van der Waals surface area contributed by atoms with E-state index in [-0.39, 0.29) is 11.7 Å². The third kappa shape index (κ3) is 2.22. The highest BCUT2D eigenvalue weighted by Crippen LogP contribution is 2.40. The number of ketones is 1. The number of hydrogen-bond acceptors (Lipinski definition) is 4. The second-order valence-electron chi connectivity index (χ2n) is 3.75. The predicted octanol–water partition coefficient (Wildman–Crippen LogP) is 1.62. The Kier molecular flexibility index (Phi) is 2.99. The maximum Gasteiger partial charge on any atom is 0.221 e. The molecule has 1 N–H and O–H groups in total. The summed E-state index contributed by atoms with van der Waals surface area (Å²) in [6, 6.07) is 3.30. The van der Waals surface area contributed by atoms with Gasteiger partial charge in [0.25, 0.3) is 0 Å². The van der Waals surface area contributed by atoms with Gasteiger partial charge in [-0.15, -0.1) is 0 Å². The standard InChI is InChI=1S/C12H13NO4/c1-7(14)9-3-4-10-12(17-6-5-16-10)11(9)13-8(2)15/h3-4H,5-6H2,1-2H3,(H,13,15). The van der Waals surface area contributed by atoms with E-state index in [1.807, 2.05) is 0 Å². The molecule has 0 aromatic heterocycles. The molecule has 0 fully saturated rings. The minimum absolute atomic E-state index is 0.134. The number of amides is 1. The molecule has 1 aromatic carbocycles. The maximum absolute atomic E-state index is 11.5. The summed E-state index contributed by atoms with van der Waals surface area (Å²) < 4.78 is 10.8. The number of ether oxygens (including phenoxy) is 2. The molecule has 0 saturated heterocycles. The Morgan fingerprint density at radius 1 is 1.18 bits per heavy atom. The zero-order valence-electron chi connectivity index (χ0n) is 9.70. The molecule has 0 aliphatic carbocycles. The van der Waals surface area contributed by atoms with Gasteiger partial charge in [-0.2, -0.15) is 0 Å². The van der Waals surface area contributed by atoms with Gasteiger partial charge in [-0.3, -0.25) is 9.59 Å². The SMILES string of the molecule is CC(=O)Nc1c(C(C)=O)ccc2c1OCCO2. The van der Waals surface area contributed by atoms with Crippen LogP contribution in [0.1, 0.15) is 24.2 Å². The van der Waals surface area contributed by atoms with Crippen LogP contribution in [0.4, 0.5) is 5.69 Å². The molecule has 0 bridgehead atoms. The van der Waals surface area contributed by atoms with Crippen molar-refractivity contribution in [2.45, 2.75) is 13.8 Å². The Balaban J connectivity index is 2.55. The zero-order valence-corrected chi connectivity index (χ0v) is 9.70. The van der Waals surface area contributed by atoms with Crippen molar-refractivity contribution in [1.29, 1.82) is 0 Å². The molecule has 0 spiro atoms. The molecule has 90 valence electrons. The number of rotatable bonds is 2. The van der Waals surface area contributed by atoms with Crippen molar-refractivity contribution >= 4 is 17.4 Å². The third-order valence-corrected chi connectivity index (χ3v) is 2.39. The number of nitrogens with one attached hydrogen (secondary N) is 1. The van der Waals surface area contributed by atoms with Crippen LogP contribution in [0.15, 0.2) is 12.1 Å². The molecule has 17 heavy (non-hydrogen) atoms. The van der Waals surface area contributed by atoms with E-state index in [2.05, 4.69) is 5.32 Å². The van der Waals surface area contributed by atoms with Crippen molar-refractivity contribution in [1.82, 2.24) is 0 Å². The summed E-state index contributed by atoms with van der Waals surface area (Å²) in [5.41, 5.74) is 0.812. The van der Waals surface area contributed by atoms with Gasteiger partial charge in [0.2, 0.25) is 5.91 Å². The molecule has 1 aliphatic heterocycles. The van der Waals surface area contributed by atoms with Gasteiger partial charge in [0.05, 0.1) is 5.69 Å². The number of fused-ring (bicyclic) bond motifs is 1. The van der Waals surface area contributed by atoms with Crippen LogP contribution in [0.3, 0.4) is 0 Å². The van der Waals surface area contributed by atoms with Gasteiger partial charge in [0.15, 0.2) is 17.3 Å². The van der Waals surface area contributed by atoms with Crippen molar-refractivity contribution in [3.05, 3.63) is 17.7 Å². The van der Waals surface area contributed by atoms with Crippen molar-refractivity contribution in [2.75, 3.05) is 18.5 Å². The zero-order chi connectivity index (χ0) is 12.4. The minimum Gasteiger partial charge on any atom is -0.486 e. The van der Waals surface area contributed by atoms with Crippen LogP contribution in [0.25, 0.3) is 0 Å². The van der Waals surface area contributed by atoms with Gasteiger partial charge in [-0.25, -0.2) is 0 Å². The van der Waals surface area contributed by atoms with E-state index >= 15 is 0 Å². The molecular weight excluding hydrogens is 222 g/mol. The van der Waals surface area contributed by atoms with Crippen LogP contribution in [0, 0.1) is 0 Å². The fourth-order valence-corrected chi connectivity index (χ4v) is 1.71. The van der Waals surface area contributed by atoms with Gasteiger partial charge < -0.3 is 14.8 Å². The van der Waals surface area contributed by atoms with Gasteiger partial charge in [0, 0.05) is 12.5 Å². The van der Waals surface area contributed by atoms with E-state index in [0.717, 1.165) is 0 Å². The van der Waals surface area contributed by atoms with Gasteiger partial charge in [0.1, 0.15) is 13.2 Å². The highest BCUT2D eigenvalue weighted by molar-refractivity contribution is 6.05. The molecule has 0 saturated carbocycles. The molecule has 0 unspecified atom stereocenters. The van der Waals surface area contributed by atoms with Crippen LogP contribution < -0.4 is 14.8 Å². The Bertz CT molecular complexity index is 482. The minimum atomic E-state index is -0.255. The predicted molar refractivity (Wildman–Crippen MR) is 61.7 cm³/mol.